The summed E-state index contributed by atoms with van der Waals surface area (Å²) in [5.74, 6) is 0.770. The Morgan fingerprint density at radius 1 is 1.15 bits per heavy atom. The van der Waals surface area contributed by atoms with Crippen molar-refractivity contribution in [1.29, 1.82) is 0 Å². The van der Waals surface area contributed by atoms with Crippen LogP contribution in [0.2, 0.25) is 0 Å². The highest BCUT2D eigenvalue weighted by atomic mass is 15.2. The van der Waals surface area contributed by atoms with Crippen molar-refractivity contribution in [2.45, 2.75) is 13.5 Å². The van der Waals surface area contributed by atoms with Gasteiger partial charge in [0.2, 0.25) is 0 Å². The van der Waals surface area contributed by atoms with Gasteiger partial charge in [0.15, 0.2) is 5.82 Å². The van der Waals surface area contributed by atoms with Gasteiger partial charge in [-0.1, -0.05) is 18.2 Å². The molecule has 20 heavy (non-hydrogen) atoms. The van der Waals surface area contributed by atoms with Gasteiger partial charge in [-0.3, -0.25) is 10.1 Å². The Bertz CT molecular complexity index is 691. The second kappa shape index (κ2) is 5.52. The normalized spacial score (nSPS) is 10.4. The lowest BCUT2D eigenvalue weighted by molar-refractivity contribution is 1.06. The molecule has 0 bridgehead atoms. The molecule has 0 saturated carbocycles. The topological polar surface area (TPSA) is 66.5 Å². The number of benzene rings is 1. The van der Waals surface area contributed by atoms with Crippen molar-refractivity contribution in [3.8, 4) is 11.4 Å². The van der Waals surface area contributed by atoms with Crippen LogP contribution in [-0.4, -0.2) is 20.2 Å². The van der Waals surface area contributed by atoms with E-state index in [9.17, 15) is 0 Å². The van der Waals surface area contributed by atoms with Crippen LogP contribution in [0, 0.1) is 6.92 Å². The summed E-state index contributed by atoms with van der Waals surface area (Å²) in [6.07, 6.45) is 3.32. The molecule has 0 fully saturated rings. The number of pyridine rings is 1. The molecule has 0 aliphatic rings. The third kappa shape index (κ3) is 2.66. The van der Waals surface area contributed by atoms with E-state index in [0.717, 1.165) is 29.3 Å². The van der Waals surface area contributed by atoms with Crippen LogP contribution in [-0.2, 0) is 6.54 Å². The van der Waals surface area contributed by atoms with E-state index in [2.05, 4.69) is 31.5 Å². The molecule has 5 nitrogen and oxygen atoms in total. The Morgan fingerprint density at radius 2 is 2.10 bits per heavy atom. The monoisotopic (exact) mass is 265 g/mol. The Kier molecular flexibility index (Phi) is 3.41. The first kappa shape index (κ1) is 12.3. The third-order valence-electron chi connectivity index (χ3n) is 3.15. The predicted octanol–water partition coefficient (Wildman–Crippen LogP) is 2.79. The molecule has 2 aromatic heterocycles. The smallest absolute Gasteiger partial charge is 0.155 e. The molecule has 5 heteroatoms. The highest BCUT2D eigenvalue weighted by Gasteiger charge is 2.02. The maximum Gasteiger partial charge on any atom is 0.155 e. The fraction of sp³-hybridized carbons (Fsp3) is 0.133. The lowest BCUT2D eigenvalue weighted by atomic mass is 10.1. The zero-order valence-electron chi connectivity index (χ0n) is 11.2. The van der Waals surface area contributed by atoms with Gasteiger partial charge in [0.25, 0.3) is 0 Å². The summed E-state index contributed by atoms with van der Waals surface area (Å²) in [6.45, 7) is 2.77. The van der Waals surface area contributed by atoms with Crippen LogP contribution in [0.3, 0.4) is 0 Å². The lowest BCUT2D eigenvalue weighted by Gasteiger charge is -2.09. The second-order valence-corrected chi connectivity index (χ2v) is 4.52. The van der Waals surface area contributed by atoms with Gasteiger partial charge < -0.3 is 5.32 Å². The van der Waals surface area contributed by atoms with E-state index in [1.165, 1.54) is 11.9 Å². The maximum atomic E-state index is 4.29. The molecule has 0 aliphatic carbocycles. The fourth-order valence-electron chi connectivity index (χ4n) is 2.02. The zero-order chi connectivity index (χ0) is 13.8. The van der Waals surface area contributed by atoms with E-state index in [0.29, 0.717) is 0 Å². The van der Waals surface area contributed by atoms with E-state index in [1.807, 2.05) is 43.5 Å². The average molecular weight is 265 g/mol. The molecule has 100 valence electrons. The van der Waals surface area contributed by atoms with Crippen LogP contribution in [0.4, 0.5) is 5.69 Å². The molecule has 0 saturated heterocycles. The van der Waals surface area contributed by atoms with Crippen molar-refractivity contribution >= 4 is 5.69 Å². The van der Waals surface area contributed by atoms with Gasteiger partial charge >= 0.3 is 0 Å². The second-order valence-electron chi connectivity index (χ2n) is 4.52. The number of hydrogen-bond donors (Lipinski definition) is 2. The Balaban J connectivity index is 1.75. The van der Waals surface area contributed by atoms with Crippen LogP contribution < -0.4 is 5.32 Å². The summed E-state index contributed by atoms with van der Waals surface area (Å²) in [7, 11) is 0. The van der Waals surface area contributed by atoms with Crippen LogP contribution in [0.15, 0.2) is 48.9 Å². The molecule has 0 atom stereocenters. The maximum absolute atomic E-state index is 4.29. The first-order chi connectivity index (χ1) is 9.83. The number of aromatic nitrogens is 4. The first-order valence-corrected chi connectivity index (χ1v) is 6.43. The van der Waals surface area contributed by atoms with Gasteiger partial charge in [-0.15, -0.1) is 0 Å². The molecule has 3 aromatic rings. The van der Waals surface area contributed by atoms with Crippen LogP contribution in [0.1, 0.15) is 11.3 Å². The van der Waals surface area contributed by atoms with Crippen molar-refractivity contribution < 1.29 is 0 Å². The van der Waals surface area contributed by atoms with Crippen LogP contribution >= 0.6 is 0 Å². The minimum Gasteiger partial charge on any atom is -0.381 e. The summed E-state index contributed by atoms with van der Waals surface area (Å²) >= 11 is 0. The van der Waals surface area contributed by atoms with Crippen molar-refractivity contribution in [3.63, 3.8) is 0 Å². The molecule has 0 spiro atoms. The van der Waals surface area contributed by atoms with E-state index in [1.54, 1.807) is 0 Å². The van der Waals surface area contributed by atoms with E-state index >= 15 is 0 Å². The third-order valence-corrected chi connectivity index (χ3v) is 3.15. The number of hydrogen-bond acceptors (Lipinski definition) is 4. The van der Waals surface area contributed by atoms with Crippen molar-refractivity contribution in [3.05, 3.63) is 60.2 Å². The Hall–Kier alpha value is -2.69. The van der Waals surface area contributed by atoms with Gasteiger partial charge in [0, 0.05) is 29.7 Å². The van der Waals surface area contributed by atoms with Gasteiger partial charge in [-0.25, -0.2) is 4.98 Å². The van der Waals surface area contributed by atoms with Gasteiger partial charge in [-0.05, 0) is 30.7 Å². The van der Waals surface area contributed by atoms with Gasteiger partial charge in [-0.2, -0.15) is 5.10 Å². The Labute approximate surface area is 117 Å². The standard InChI is InChI=1S/C15H15N5/c1-11-13(5-3-7-16-11)9-17-14-6-2-4-12(8-14)15-18-10-19-20-15/h2-8,10,17H,9H2,1H3,(H,18,19,20). The highest BCUT2D eigenvalue weighted by Crippen LogP contribution is 2.19. The fourth-order valence-corrected chi connectivity index (χ4v) is 2.02. The summed E-state index contributed by atoms with van der Waals surface area (Å²) in [5.41, 5.74) is 4.29. The summed E-state index contributed by atoms with van der Waals surface area (Å²) in [4.78, 5) is 8.44. The number of nitrogens with one attached hydrogen (secondary N) is 2. The molecule has 0 aliphatic heterocycles. The van der Waals surface area contributed by atoms with Gasteiger partial charge in [0.1, 0.15) is 6.33 Å². The van der Waals surface area contributed by atoms with Crippen molar-refractivity contribution in [2.75, 3.05) is 5.32 Å². The molecule has 2 N–H and O–H groups in total. The highest BCUT2D eigenvalue weighted by molar-refractivity contribution is 5.62. The molecule has 2 heterocycles. The molecular weight excluding hydrogens is 250 g/mol. The number of anilines is 1. The number of aryl methyl sites for hydroxylation is 1. The number of nitrogens with zero attached hydrogens (tertiary/aromatic N) is 3. The largest absolute Gasteiger partial charge is 0.381 e. The predicted molar refractivity (Wildman–Crippen MR) is 78.1 cm³/mol. The Morgan fingerprint density at radius 3 is 2.90 bits per heavy atom. The molecule has 3 rings (SSSR count). The summed E-state index contributed by atoms with van der Waals surface area (Å²) in [5, 5.41) is 10.1. The van der Waals surface area contributed by atoms with Gasteiger partial charge in [0.05, 0.1) is 0 Å². The molecule has 0 amide bonds. The summed E-state index contributed by atoms with van der Waals surface area (Å²) in [6, 6.07) is 12.1. The zero-order valence-corrected chi connectivity index (χ0v) is 11.2. The van der Waals surface area contributed by atoms with E-state index in [4.69, 9.17) is 0 Å². The summed E-state index contributed by atoms with van der Waals surface area (Å²) < 4.78 is 0. The number of H-pyrrole nitrogens is 1. The minimum absolute atomic E-state index is 0.750. The SMILES string of the molecule is Cc1ncccc1CNc1cccc(-c2ncn[nH]2)c1. The molecule has 0 radical (unpaired) electrons. The molecule has 0 unspecified atom stereocenters. The first-order valence-electron chi connectivity index (χ1n) is 6.43. The average Bonchev–Trinajstić information content (AvgIpc) is 3.01. The van der Waals surface area contributed by atoms with E-state index in [-0.39, 0.29) is 0 Å². The van der Waals surface area contributed by atoms with Crippen molar-refractivity contribution in [1.82, 2.24) is 20.2 Å². The minimum atomic E-state index is 0.750. The number of aromatic amines is 1. The van der Waals surface area contributed by atoms with Crippen molar-refractivity contribution in [2.24, 2.45) is 0 Å². The lowest BCUT2D eigenvalue weighted by Crippen LogP contribution is -2.02. The quantitative estimate of drug-likeness (QED) is 0.761. The molecule has 1 aromatic carbocycles. The molecular formula is C15H15N5. The number of rotatable bonds is 4. The van der Waals surface area contributed by atoms with Crippen LogP contribution in [0.5, 0.6) is 0 Å². The van der Waals surface area contributed by atoms with E-state index < -0.39 is 0 Å². The van der Waals surface area contributed by atoms with Crippen LogP contribution in [0.25, 0.3) is 11.4 Å².